The molecular formula is C14H18Br2N4O. The zero-order valence-corrected chi connectivity index (χ0v) is 15.2. The number of nitrogens with one attached hydrogen (secondary N) is 1. The van der Waals surface area contributed by atoms with E-state index in [0.717, 1.165) is 40.0 Å². The van der Waals surface area contributed by atoms with Crippen LogP contribution in [0.1, 0.15) is 24.7 Å². The van der Waals surface area contributed by atoms with Gasteiger partial charge in [0.1, 0.15) is 18.7 Å². The van der Waals surface area contributed by atoms with Crippen molar-refractivity contribution in [2.24, 2.45) is 7.05 Å². The van der Waals surface area contributed by atoms with Crippen LogP contribution in [0.4, 0.5) is 0 Å². The number of hydrogen-bond donors (Lipinski definition) is 1. The number of rotatable bonds is 7. The van der Waals surface area contributed by atoms with Crippen molar-refractivity contribution in [1.29, 1.82) is 0 Å². The fourth-order valence-corrected chi connectivity index (χ4v) is 3.36. The summed E-state index contributed by atoms with van der Waals surface area (Å²) in [6, 6.07) is 4.14. The minimum atomic E-state index is 0.376. The van der Waals surface area contributed by atoms with Gasteiger partial charge in [-0.1, -0.05) is 6.92 Å². The van der Waals surface area contributed by atoms with E-state index < -0.39 is 0 Å². The van der Waals surface area contributed by atoms with Gasteiger partial charge in [-0.05, 0) is 62.5 Å². The fourth-order valence-electron chi connectivity index (χ4n) is 1.85. The van der Waals surface area contributed by atoms with Gasteiger partial charge in [0.2, 0.25) is 0 Å². The molecule has 0 atom stereocenters. The number of benzene rings is 1. The Bertz CT molecular complexity index is 577. The van der Waals surface area contributed by atoms with Gasteiger partial charge in [-0.3, -0.25) is 4.68 Å². The lowest BCUT2D eigenvalue weighted by Crippen LogP contribution is -2.13. The first kappa shape index (κ1) is 16.5. The molecule has 21 heavy (non-hydrogen) atoms. The molecule has 2 rings (SSSR count). The molecular weight excluding hydrogens is 400 g/mol. The topological polar surface area (TPSA) is 52.0 Å². The Hall–Kier alpha value is -0.920. The van der Waals surface area contributed by atoms with E-state index in [2.05, 4.69) is 66.3 Å². The molecule has 0 radical (unpaired) electrons. The van der Waals surface area contributed by atoms with Gasteiger partial charge in [0.15, 0.2) is 5.82 Å². The zero-order chi connectivity index (χ0) is 15.2. The van der Waals surface area contributed by atoms with Gasteiger partial charge >= 0.3 is 0 Å². The van der Waals surface area contributed by atoms with Crippen LogP contribution >= 0.6 is 31.9 Å². The summed E-state index contributed by atoms with van der Waals surface area (Å²) in [5.41, 5.74) is 1.20. The van der Waals surface area contributed by atoms with Crippen LogP contribution in [-0.2, 0) is 20.2 Å². The van der Waals surface area contributed by atoms with Gasteiger partial charge in [0, 0.05) is 13.6 Å². The van der Waals surface area contributed by atoms with Gasteiger partial charge in [0.25, 0.3) is 0 Å². The monoisotopic (exact) mass is 416 g/mol. The van der Waals surface area contributed by atoms with E-state index in [1.54, 1.807) is 4.68 Å². The van der Waals surface area contributed by atoms with Crippen molar-refractivity contribution < 1.29 is 4.74 Å². The predicted molar refractivity (Wildman–Crippen MR) is 89.2 cm³/mol. The molecule has 114 valence electrons. The highest BCUT2D eigenvalue weighted by Gasteiger charge is 2.11. The lowest BCUT2D eigenvalue weighted by atomic mass is 10.2. The van der Waals surface area contributed by atoms with E-state index in [9.17, 15) is 0 Å². The van der Waals surface area contributed by atoms with Crippen LogP contribution in [0.15, 0.2) is 27.4 Å². The summed E-state index contributed by atoms with van der Waals surface area (Å²) in [6.07, 6.45) is 2.65. The lowest BCUT2D eigenvalue weighted by molar-refractivity contribution is 0.286. The second-order valence-electron chi connectivity index (χ2n) is 4.65. The third-order valence-electron chi connectivity index (χ3n) is 2.96. The summed E-state index contributed by atoms with van der Waals surface area (Å²) >= 11 is 7.13. The average molecular weight is 418 g/mol. The molecule has 0 unspecified atom stereocenters. The minimum absolute atomic E-state index is 0.376. The molecule has 2 aromatic rings. The molecule has 0 aliphatic heterocycles. The van der Waals surface area contributed by atoms with E-state index in [-0.39, 0.29) is 0 Å². The van der Waals surface area contributed by atoms with Gasteiger partial charge in [0.05, 0.1) is 8.95 Å². The normalized spacial score (nSPS) is 10.9. The molecule has 0 bridgehead atoms. The Labute approximate surface area is 141 Å². The highest BCUT2D eigenvalue weighted by atomic mass is 79.9. The first-order valence-electron chi connectivity index (χ1n) is 6.76. The van der Waals surface area contributed by atoms with Crippen LogP contribution in [0.3, 0.4) is 0 Å². The van der Waals surface area contributed by atoms with E-state index in [1.165, 1.54) is 11.9 Å². The number of nitrogens with zero attached hydrogens (tertiary/aromatic N) is 3. The number of hydrogen-bond acceptors (Lipinski definition) is 4. The van der Waals surface area contributed by atoms with Crippen LogP contribution in [0.5, 0.6) is 5.75 Å². The number of halogens is 2. The lowest BCUT2D eigenvalue weighted by Gasteiger charge is -2.12. The van der Waals surface area contributed by atoms with Crippen LogP contribution in [0.25, 0.3) is 0 Å². The van der Waals surface area contributed by atoms with Crippen molar-refractivity contribution in [1.82, 2.24) is 20.1 Å². The van der Waals surface area contributed by atoms with Crippen LogP contribution in [0.2, 0.25) is 0 Å². The SMILES string of the molecule is CCCNCc1cc(Br)c(OCc2ncnn2C)c(Br)c1. The Morgan fingerprint density at radius 2 is 2.00 bits per heavy atom. The van der Waals surface area contributed by atoms with E-state index >= 15 is 0 Å². The van der Waals surface area contributed by atoms with Gasteiger partial charge in [-0.25, -0.2) is 4.98 Å². The van der Waals surface area contributed by atoms with Crippen LogP contribution in [0, 0.1) is 0 Å². The summed E-state index contributed by atoms with van der Waals surface area (Å²) in [4.78, 5) is 4.14. The van der Waals surface area contributed by atoms with E-state index in [4.69, 9.17) is 4.74 Å². The largest absolute Gasteiger partial charge is 0.483 e. The third-order valence-corrected chi connectivity index (χ3v) is 4.14. The van der Waals surface area contributed by atoms with Crippen molar-refractivity contribution in [3.8, 4) is 5.75 Å². The summed E-state index contributed by atoms with van der Waals surface area (Å²) in [6.45, 7) is 4.39. The quantitative estimate of drug-likeness (QED) is 0.701. The van der Waals surface area contributed by atoms with Crippen molar-refractivity contribution >= 4 is 31.9 Å². The second-order valence-corrected chi connectivity index (χ2v) is 6.36. The molecule has 0 aliphatic rings. The predicted octanol–water partition coefficient (Wildman–Crippen LogP) is 3.42. The number of ether oxygens (including phenoxy) is 1. The maximum absolute atomic E-state index is 5.84. The molecule has 0 saturated carbocycles. The molecule has 1 aromatic heterocycles. The van der Waals surface area contributed by atoms with E-state index in [1.807, 2.05) is 7.05 Å². The summed E-state index contributed by atoms with van der Waals surface area (Å²) in [7, 11) is 1.85. The molecule has 0 aliphatic carbocycles. The molecule has 5 nitrogen and oxygen atoms in total. The second kappa shape index (κ2) is 7.91. The van der Waals surface area contributed by atoms with Crippen LogP contribution < -0.4 is 10.1 Å². The molecule has 7 heteroatoms. The number of aryl methyl sites for hydroxylation is 1. The maximum Gasteiger partial charge on any atom is 0.164 e. The smallest absolute Gasteiger partial charge is 0.164 e. The van der Waals surface area contributed by atoms with Gasteiger partial charge in [-0.15, -0.1) is 0 Å². The molecule has 1 heterocycles. The van der Waals surface area contributed by atoms with E-state index in [0.29, 0.717) is 6.61 Å². The van der Waals surface area contributed by atoms with Crippen molar-refractivity contribution in [3.63, 3.8) is 0 Å². The molecule has 0 fully saturated rings. The molecule has 0 spiro atoms. The summed E-state index contributed by atoms with van der Waals surface area (Å²) in [5, 5.41) is 7.41. The van der Waals surface area contributed by atoms with Gasteiger partial charge in [-0.2, -0.15) is 5.10 Å². The molecule has 1 aromatic carbocycles. The summed E-state index contributed by atoms with van der Waals surface area (Å²) < 4.78 is 9.38. The first-order chi connectivity index (χ1) is 10.1. The average Bonchev–Trinajstić information content (AvgIpc) is 2.84. The Morgan fingerprint density at radius 3 is 2.57 bits per heavy atom. The zero-order valence-electron chi connectivity index (χ0n) is 12.1. The Morgan fingerprint density at radius 1 is 1.29 bits per heavy atom. The number of aromatic nitrogens is 3. The van der Waals surface area contributed by atoms with Crippen LogP contribution in [-0.4, -0.2) is 21.3 Å². The minimum Gasteiger partial charge on any atom is -0.483 e. The van der Waals surface area contributed by atoms with Crippen molar-refractivity contribution in [3.05, 3.63) is 38.8 Å². The molecule has 0 saturated heterocycles. The first-order valence-corrected chi connectivity index (χ1v) is 8.34. The Kier molecular flexibility index (Phi) is 6.20. The van der Waals surface area contributed by atoms with Gasteiger partial charge < -0.3 is 10.1 Å². The highest BCUT2D eigenvalue weighted by Crippen LogP contribution is 2.35. The highest BCUT2D eigenvalue weighted by molar-refractivity contribution is 9.11. The van der Waals surface area contributed by atoms with Crippen molar-refractivity contribution in [2.75, 3.05) is 6.54 Å². The molecule has 0 amide bonds. The molecule has 1 N–H and O–H groups in total. The summed E-state index contributed by atoms with van der Waals surface area (Å²) in [5.74, 6) is 1.56. The standard InChI is InChI=1S/C14H18Br2N4O/c1-3-4-17-7-10-5-11(15)14(12(16)6-10)21-8-13-18-9-19-20(13)2/h5-6,9,17H,3-4,7-8H2,1-2H3. The maximum atomic E-state index is 5.84. The third kappa shape index (κ3) is 4.52. The fraction of sp³-hybridized carbons (Fsp3) is 0.429. The Balaban J connectivity index is 2.04. The van der Waals surface area contributed by atoms with Crippen molar-refractivity contribution in [2.45, 2.75) is 26.5 Å².